The Hall–Kier alpha value is -3.00. The molecule has 1 fully saturated rings. The summed E-state index contributed by atoms with van der Waals surface area (Å²) in [5.74, 6) is 0.804. The van der Waals surface area contributed by atoms with E-state index >= 15 is 0 Å². The number of aryl methyl sites for hydroxylation is 1. The lowest BCUT2D eigenvalue weighted by Gasteiger charge is -2.35. The molecule has 0 spiro atoms. The zero-order valence-electron chi connectivity index (χ0n) is 19.6. The lowest BCUT2D eigenvalue weighted by atomic mass is 9.87. The number of ether oxygens (including phenoxy) is 2. The van der Waals surface area contributed by atoms with Gasteiger partial charge in [-0.2, -0.15) is 0 Å². The number of aliphatic hydroxyl groups is 1. The highest BCUT2D eigenvalue weighted by molar-refractivity contribution is 5.86. The van der Waals surface area contributed by atoms with Crippen molar-refractivity contribution in [3.05, 3.63) is 71.4 Å². The summed E-state index contributed by atoms with van der Waals surface area (Å²) < 4.78 is 11.7. The maximum absolute atomic E-state index is 9.38. The second-order valence-corrected chi connectivity index (χ2v) is 9.03. The Morgan fingerprint density at radius 2 is 1.88 bits per heavy atom. The molecule has 1 unspecified atom stereocenters. The number of pyridine rings is 1. The van der Waals surface area contributed by atoms with E-state index in [0.29, 0.717) is 19.4 Å². The van der Waals surface area contributed by atoms with E-state index in [4.69, 9.17) is 14.3 Å². The molecule has 3 heterocycles. The van der Waals surface area contributed by atoms with Gasteiger partial charge >= 0.3 is 0 Å². The van der Waals surface area contributed by atoms with Crippen molar-refractivity contribution in [1.82, 2.24) is 9.88 Å². The summed E-state index contributed by atoms with van der Waals surface area (Å²) in [7, 11) is 0. The van der Waals surface area contributed by atoms with Crippen molar-refractivity contribution >= 4 is 16.6 Å². The summed E-state index contributed by atoms with van der Waals surface area (Å²) in [5, 5.41) is 14.8. The van der Waals surface area contributed by atoms with E-state index in [-0.39, 0.29) is 6.61 Å². The third-order valence-electron chi connectivity index (χ3n) is 6.53. The van der Waals surface area contributed by atoms with E-state index in [2.05, 4.69) is 39.3 Å². The molecule has 0 aliphatic carbocycles. The fourth-order valence-corrected chi connectivity index (χ4v) is 4.79. The van der Waals surface area contributed by atoms with Gasteiger partial charge in [0.05, 0.1) is 24.4 Å². The normalized spacial score (nSPS) is 20.8. The largest absolute Gasteiger partial charge is 0.489 e. The molecule has 3 aromatic rings. The van der Waals surface area contributed by atoms with Crippen molar-refractivity contribution in [2.24, 2.45) is 5.16 Å². The molecule has 1 saturated heterocycles. The molecule has 178 valence electrons. The fourth-order valence-electron chi connectivity index (χ4n) is 4.79. The molecule has 5 rings (SSSR count). The van der Waals surface area contributed by atoms with E-state index in [1.807, 2.05) is 37.3 Å². The Morgan fingerprint density at radius 3 is 2.68 bits per heavy atom. The van der Waals surface area contributed by atoms with Gasteiger partial charge in [0.15, 0.2) is 5.60 Å². The Labute approximate surface area is 200 Å². The molecule has 1 atom stereocenters. The summed E-state index contributed by atoms with van der Waals surface area (Å²) in [6.07, 6.45) is 1.21. The number of para-hydroxylation sites is 1. The SMILES string of the molecule is Cc1cc(COc2ccc(C3(CN4CCOCC4)CC(CCO)=NO3)cc2)c2ccccc2n1. The highest BCUT2D eigenvalue weighted by Gasteiger charge is 2.42. The highest BCUT2D eigenvalue weighted by atomic mass is 16.7. The minimum atomic E-state index is -0.557. The third-order valence-corrected chi connectivity index (χ3v) is 6.53. The second kappa shape index (κ2) is 10.1. The van der Waals surface area contributed by atoms with Gasteiger partial charge in [-0.3, -0.25) is 9.88 Å². The molecule has 2 aliphatic rings. The van der Waals surface area contributed by atoms with Crippen LogP contribution in [0.2, 0.25) is 0 Å². The number of hydrogen-bond donors (Lipinski definition) is 1. The molecule has 34 heavy (non-hydrogen) atoms. The average molecular weight is 462 g/mol. The smallest absolute Gasteiger partial charge is 0.180 e. The van der Waals surface area contributed by atoms with Crippen molar-refractivity contribution in [3.8, 4) is 5.75 Å². The van der Waals surface area contributed by atoms with E-state index in [0.717, 1.165) is 72.0 Å². The monoisotopic (exact) mass is 461 g/mol. The predicted octanol–water partition coefficient (Wildman–Crippen LogP) is 3.81. The van der Waals surface area contributed by atoms with Crippen LogP contribution in [0.4, 0.5) is 0 Å². The van der Waals surface area contributed by atoms with Crippen LogP contribution in [0, 0.1) is 6.92 Å². The lowest BCUT2D eigenvalue weighted by molar-refractivity contribution is -0.0661. The first-order valence-electron chi connectivity index (χ1n) is 11.9. The summed E-state index contributed by atoms with van der Waals surface area (Å²) in [6.45, 7) is 6.51. The maximum Gasteiger partial charge on any atom is 0.180 e. The van der Waals surface area contributed by atoms with Gasteiger partial charge < -0.3 is 19.4 Å². The zero-order valence-corrected chi connectivity index (χ0v) is 19.6. The molecule has 0 amide bonds. The summed E-state index contributed by atoms with van der Waals surface area (Å²) in [5.41, 5.74) is 4.49. The minimum absolute atomic E-state index is 0.0752. The van der Waals surface area contributed by atoms with E-state index in [1.54, 1.807) is 0 Å². The van der Waals surface area contributed by atoms with Crippen LogP contribution in [-0.2, 0) is 21.8 Å². The second-order valence-electron chi connectivity index (χ2n) is 9.03. The Kier molecular flexibility index (Phi) is 6.76. The van der Waals surface area contributed by atoms with Gasteiger partial charge in [0.2, 0.25) is 0 Å². The maximum atomic E-state index is 9.38. The van der Waals surface area contributed by atoms with Crippen LogP contribution < -0.4 is 4.74 Å². The van der Waals surface area contributed by atoms with E-state index in [1.165, 1.54) is 0 Å². The number of aromatic nitrogens is 1. The zero-order chi connectivity index (χ0) is 23.4. The molecule has 1 N–H and O–H groups in total. The van der Waals surface area contributed by atoms with E-state index < -0.39 is 5.60 Å². The first-order valence-corrected chi connectivity index (χ1v) is 11.9. The number of fused-ring (bicyclic) bond motifs is 1. The number of benzene rings is 2. The number of rotatable bonds is 8. The van der Waals surface area contributed by atoms with Crippen molar-refractivity contribution < 1.29 is 19.4 Å². The topological polar surface area (TPSA) is 76.4 Å². The number of hydrogen-bond acceptors (Lipinski definition) is 7. The summed E-state index contributed by atoms with van der Waals surface area (Å²) >= 11 is 0. The van der Waals surface area contributed by atoms with Crippen LogP contribution in [0.5, 0.6) is 5.75 Å². The number of morpholine rings is 1. The molecule has 2 aromatic carbocycles. The molecular formula is C27H31N3O4. The van der Waals surface area contributed by atoms with Gasteiger partial charge in [-0.25, -0.2) is 0 Å². The van der Waals surface area contributed by atoms with Gasteiger partial charge in [0.25, 0.3) is 0 Å². The van der Waals surface area contributed by atoms with Gasteiger partial charge in [0.1, 0.15) is 12.4 Å². The minimum Gasteiger partial charge on any atom is -0.489 e. The van der Waals surface area contributed by atoms with Crippen molar-refractivity contribution in [2.45, 2.75) is 32.0 Å². The number of oxime groups is 1. The van der Waals surface area contributed by atoms with Crippen LogP contribution in [-0.4, -0.2) is 60.2 Å². The number of nitrogens with zero attached hydrogens (tertiary/aromatic N) is 3. The highest BCUT2D eigenvalue weighted by Crippen LogP contribution is 2.37. The van der Waals surface area contributed by atoms with Crippen molar-refractivity contribution in [1.29, 1.82) is 0 Å². The van der Waals surface area contributed by atoms with Gasteiger partial charge in [-0.1, -0.05) is 35.5 Å². The van der Waals surface area contributed by atoms with Gasteiger partial charge in [-0.05, 0) is 31.2 Å². The molecule has 1 aromatic heterocycles. The quantitative estimate of drug-likeness (QED) is 0.550. The van der Waals surface area contributed by atoms with Crippen LogP contribution in [0.15, 0.2) is 59.8 Å². The molecular weight excluding hydrogens is 430 g/mol. The molecule has 0 saturated carbocycles. The van der Waals surface area contributed by atoms with E-state index in [9.17, 15) is 5.11 Å². The third kappa shape index (κ3) is 4.92. The Bertz CT molecular complexity index is 1160. The average Bonchev–Trinajstić information content (AvgIpc) is 3.27. The number of aliphatic hydroxyl groups excluding tert-OH is 1. The molecule has 7 heteroatoms. The van der Waals surface area contributed by atoms with Crippen molar-refractivity contribution in [2.75, 3.05) is 39.5 Å². The predicted molar refractivity (Wildman–Crippen MR) is 131 cm³/mol. The lowest BCUT2D eigenvalue weighted by Crippen LogP contribution is -2.46. The molecule has 0 bridgehead atoms. The van der Waals surface area contributed by atoms with Gasteiger partial charge in [0, 0.05) is 61.3 Å². The summed E-state index contributed by atoms with van der Waals surface area (Å²) in [6, 6.07) is 18.4. The van der Waals surface area contributed by atoms with Crippen LogP contribution in [0.1, 0.15) is 29.7 Å². The summed E-state index contributed by atoms with van der Waals surface area (Å²) in [4.78, 5) is 13.0. The standard InChI is InChI=1S/C27H31N3O4/c1-20-16-21(25-4-2-3-5-26(25)28-20)18-33-24-8-6-22(7-9-24)27(17-23(10-13-31)29-34-27)19-30-11-14-32-15-12-30/h2-9,16,31H,10-15,17-19H2,1H3. The van der Waals surface area contributed by atoms with Gasteiger partial charge in [-0.15, -0.1) is 0 Å². The van der Waals surface area contributed by atoms with Crippen LogP contribution >= 0.6 is 0 Å². The molecule has 0 radical (unpaired) electrons. The van der Waals surface area contributed by atoms with Crippen LogP contribution in [0.25, 0.3) is 10.9 Å². The first kappa shape index (κ1) is 22.8. The Morgan fingerprint density at radius 1 is 1.09 bits per heavy atom. The van der Waals surface area contributed by atoms with Crippen LogP contribution in [0.3, 0.4) is 0 Å². The van der Waals surface area contributed by atoms with Crippen molar-refractivity contribution in [3.63, 3.8) is 0 Å². The Balaban J connectivity index is 1.32. The molecule has 7 nitrogen and oxygen atoms in total. The fraction of sp³-hybridized carbons (Fsp3) is 0.407. The first-order chi connectivity index (χ1) is 16.6. The molecule has 2 aliphatic heterocycles.